The maximum Gasteiger partial charge on any atom is 0.0211 e. The molecule has 1 aliphatic rings. The predicted octanol–water partition coefficient (Wildman–Crippen LogP) is 5.81. The van der Waals surface area contributed by atoms with Gasteiger partial charge in [-0.3, -0.25) is 0 Å². The van der Waals surface area contributed by atoms with Gasteiger partial charge in [-0.05, 0) is 30.0 Å². The van der Waals surface area contributed by atoms with Crippen molar-refractivity contribution in [2.24, 2.45) is 0 Å². The summed E-state index contributed by atoms with van der Waals surface area (Å²) in [5, 5.41) is 3.69. The van der Waals surface area contributed by atoms with Crippen LogP contribution in [0.1, 0.15) is 88.7 Å². The molecule has 0 aromatic heterocycles. The summed E-state index contributed by atoms with van der Waals surface area (Å²) < 4.78 is 0. The number of rotatable bonds is 11. The normalized spacial score (nSPS) is 17.4. The standard InChI is InChI=1S/C21H34N/c1-2-3-4-5-6-7-8-9-10-11-16-21-17-19-14-12-13-15-20(19)18-22-21/h12-13,15,21-22H,2-11,16-18H2,1H3. The molecule has 123 valence electrons. The summed E-state index contributed by atoms with van der Waals surface area (Å²) in [5.74, 6) is 0. The molecule has 1 heteroatoms. The van der Waals surface area contributed by atoms with Gasteiger partial charge in [-0.2, -0.15) is 0 Å². The summed E-state index contributed by atoms with van der Waals surface area (Å²) in [4.78, 5) is 0. The van der Waals surface area contributed by atoms with Crippen LogP contribution in [0.5, 0.6) is 0 Å². The van der Waals surface area contributed by atoms with Crippen molar-refractivity contribution >= 4 is 0 Å². The molecule has 1 nitrogen and oxygen atoms in total. The van der Waals surface area contributed by atoms with Crippen LogP contribution in [-0.2, 0) is 13.0 Å². The van der Waals surface area contributed by atoms with Crippen LogP contribution in [0.25, 0.3) is 0 Å². The molecule has 0 fully saturated rings. The van der Waals surface area contributed by atoms with E-state index in [1.54, 1.807) is 0 Å². The molecule has 1 atom stereocenters. The molecule has 0 saturated heterocycles. The monoisotopic (exact) mass is 300 g/mol. The zero-order valence-electron chi connectivity index (χ0n) is 14.5. The molecule has 1 unspecified atom stereocenters. The lowest BCUT2D eigenvalue weighted by atomic mass is 9.93. The van der Waals surface area contributed by atoms with Crippen molar-refractivity contribution in [3.8, 4) is 0 Å². The van der Waals surface area contributed by atoms with E-state index in [-0.39, 0.29) is 0 Å². The fourth-order valence-corrected chi connectivity index (χ4v) is 3.52. The van der Waals surface area contributed by atoms with Crippen LogP contribution >= 0.6 is 0 Å². The van der Waals surface area contributed by atoms with Crippen LogP contribution in [0.15, 0.2) is 18.2 Å². The maximum absolute atomic E-state index is 3.69. The Morgan fingerprint density at radius 2 is 1.68 bits per heavy atom. The minimum Gasteiger partial charge on any atom is -0.310 e. The van der Waals surface area contributed by atoms with Crippen molar-refractivity contribution in [1.29, 1.82) is 0 Å². The van der Waals surface area contributed by atoms with E-state index in [9.17, 15) is 0 Å². The molecule has 1 heterocycles. The summed E-state index contributed by atoms with van der Waals surface area (Å²) >= 11 is 0. The first-order valence-corrected chi connectivity index (χ1v) is 9.62. The van der Waals surface area contributed by atoms with Crippen LogP contribution in [0.2, 0.25) is 0 Å². The summed E-state index contributed by atoms with van der Waals surface area (Å²) in [6.45, 7) is 3.33. The van der Waals surface area contributed by atoms with Gasteiger partial charge in [-0.25, -0.2) is 0 Å². The first-order valence-electron chi connectivity index (χ1n) is 9.62. The molecular weight excluding hydrogens is 266 g/mol. The predicted molar refractivity (Wildman–Crippen MR) is 96.1 cm³/mol. The number of fused-ring (bicyclic) bond motifs is 1. The molecule has 0 aliphatic carbocycles. The third kappa shape index (κ3) is 6.52. The molecular formula is C21H34N. The van der Waals surface area contributed by atoms with Crippen LogP contribution in [0.3, 0.4) is 0 Å². The lowest BCUT2D eigenvalue weighted by Crippen LogP contribution is -2.35. The number of nitrogens with one attached hydrogen (secondary N) is 1. The van der Waals surface area contributed by atoms with E-state index in [1.165, 1.54) is 88.2 Å². The highest BCUT2D eigenvalue weighted by Crippen LogP contribution is 2.19. The molecule has 2 rings (SSSR count). The van der Waals surface area contributed by atoms with Crippen molar-refractivity contribution < 1.29 is 0 Å². The number of hydrogen-bond acceptors (Lipinski definition) is 1. The van der Waals surface area contributed by atoms with Crippen molar-refractivity contribution in [1.82, 2.24) is 5.32 Å². The fraction of sp³-hybridized carbons (Fsp3) is 0.714. The Morgan fingerprint density at radius 1 is 1.00 bits per heavy atom. The molecule has 22 heavy (non-hydrogen) atoms. The first-order chi connectivity index (χ1) is 10.9. The van der Waals surface area contributed by atoms with Crippen LogP contribution in [0.4, 0.5) is 0 Å². The summed E-state index contributed by atoms with van der Waals surface area (Å²) in [5.41, 5.74) is 2.89. The number of unbranched alkanes of at least 4 members (excludes halogenated alkanes) is 9. The largest absolute Gasteiger partial charge is 0.310 e. The van der Waals surface area contributed by atoms with Gasteiger partial charge in [0.1, 0.15) is 0 Å². The third-order valence-electron chi connectivity index (χ3n) is 4.98. The van der Waals surface area contributed by atoms with Gasteiger partial charge >= 0.3 is 0 Å². The highest BCUT2D eigenvalue weighted by atomic mass is 14.9. The van der Waals surface area contributed by atoms with Gasteiger partial charge in [0.15, 0.2) is 0 Å². The lowest BCUT2D eigenvalue weighted by Gasteiger charge is -2.25. The Bertz CT molecular complexity index is 399. The van der Waals surface area contributed by atoms with Crippen molar-refractivity contribution in [2.45, 2.75) is 96.6 Å². The quantitative estimate of drug-likeness (QED) is 0.508. The van der Waals surface area contributed by atoms with E-state index in [1.807, 2.05) is 0 Å². The zero-order valence-corrected chi connectivity index (χ0v) is 14.5. The van der Waals surface area contributed by atoms with E-state index in [2.05, 4.69) is 36.5 Å². The minimum absolute atomic E-state index is 0.681. The molecule has 1 N–H and O–H groups in total. The first kappa shape index (κ1) is 17.5. The number of hydrogen-bond donors (Lipinski definition) is 1. The Balaban J connectivity index is 1.45. The smallest absolute Gasteiger partial charge is 0.0211 e. The zero-order chi connectivity index (χ0) is 15.5. The average molecular weight is 301 g/mol. The second-order valence-corrected chi connectivity index (χ2v) is 6.93. The maximum atomic E-state index is 3.69. The second kappa shape index (κ2) is 10.8. The second-order valence-electron chi connectivity index (χ2n) is 6.93. The van der Waals surface area contributed by atoms with E-state index >= 15 is 0 Å². The summed E-state index contributed by atoms with van der Waals surface area (Å²) in [6, 6.07) is 10.5. The van der Waals surface area contributed by atoms with Crippen LogP contribution < -0.4 is 5.32 Å². The van der Waals surface area contributed by atoms with E-state index in [0.717, 1.165) is 6.54 Å². The lowest BCUT2D eigenvalue weighted by molar-refractivity contribution is 0.428. The van der Waals surface area contributed by atoms with E-state index in [4.69, 9.17) is 0 Å². The average Bonchev–Trinajstić information content (AvgIpc) is 2.56. The van der Waals surface area contributed by atoms with Crippen LogP contribution in [-0.4, -0.2) is 6.04 Å². The van der Waals surface area contributed by atoms with E-state index < -0.39 is 0 Å². The van der Waals surface area contributed by atoms with Gasteiger partial charge in [0.2, 0.25) is 0 Å². The molecule has 0 saturated carbocycles. The van der Waals surface area contributed by atoms with Crippen LogP contribution in [0, 0.1) is 6.07 Å². The van der Waals surface area contributed by atoms with Gasteiger partial charge in [0.25, 0.3) is 0 Å². The Morgan fingerprint density at radius 3 is 2.41 bits per heavy atom. The van der Waals surface area contributed by atoms with Gasteiger partial charge in [-0.1, -0.05) is 89.3 Å². The third-order valence-corrected chi connectivity index (χ3v) is 4.98. The Labute approximate surface area is 137 Å². The van der Waals surface area contributed by atoms with Crippen molar-refractivity contribution in [3.05, 3.63) is 35.4 Å². The van der Waals surface area contributed by atoms with Gasteiger partial charge < -0.3 is 5.32 Å². The molecule has 1 aromatic rings. The molecule has 0 amide bonds. The Hall–Kier alpha value is -0.820. The summed E-state index contributed by atoms with van der Waals surface area (Å²) in [6.07, 6.45) is 16.8. The molecule has 1 aromatic carbocycles. The SMILES string of the molecule is CCCCCCCCCCCCC1Cc2[c]cccc2CN1. The van der Waals surface area contributed by atoms with E-state index in [0.29, 0.717) is 6.04 Å². The molecule has 0 spiro atoms. The molecule has 1 aliphatic heterocycles. The van der Waals surface area contributed by atoms with Gasteiger partial charge in [-0.15, -0.1) is 0 Å². The topological polar surface area (TPSA) is 12.0 Å². The minimum atomic E-state index is 0.681. The Kier molecular flexibility index (Phi) is 8.63. The molecule has 0 bridgehead atoms. The highest BCUT2D eigenvalue weighted by molar-refractivity contribution is 5.28. The molecule has 1 radical (unpaired) electrons. The van der Waals surface area contributed by atoms with Crippen molar-refractivity contribution in [2.75, 3.05) is 0 Å². The van der Waals surface area contributed by atoms with Crippen molar-refractivity contribution in [3.63, 3.8) is 0 Å². The summed E-state index contributed by atoms with van der Waals surface area (Å²) in [7, 11) is 0. The van der Waals surface area contributed by atoms with Gasteiger partial charge in [0, 0.05) is 12.6 Å². The van der Waals surface area contributed by atoms with Gasteiger partial charge in [0.05, 0.1) is 0 Å². The fourth-order valence-electron chi connectivity index (χ4n) is 3.52. The number of benzene rings is 1. The highest BCUT2D eigenvalue weighted by Gasteiger charge is 2.16.